The van der Waals surface area contributed by atoms with E-state index in [1.54, 1.807) is 0 Å². The topological polar surface area (TPSA) is 70.8 Å². The molecule has 0 bridgehead atoms. The molecule has 2 N–H and O–H groups in total. The molecule has 1 heterocycles. The number of carbonyl (C=O) groups excluding carboxylic acids is 1. The minimum atomic E-state index is -0.810. The number of hydrogen-bond donors (Lipinski definition) is 1. The first kappa shape index (κ1) is 10.9. The second kappa shape index (κ2) is 4.96. The van der Waals surface area contributed by atoms with Crippen LogP contribution in [0.15, 0.2) is 30.3 Å². The average molecular weight is 223 g/mol. The van der Waals surface area contributed by atoms with Crippen molar-refractivity contribution >= 4 is 6.09 Å². The van der Waals surface area contributed by atoms with Gasteiger partial charge < -0.3 is 19.9 Å². The second-order valence-electron chi connectivity index (χ2n) is 3.47. The molecule has 1 aromatic carbocycles. The zero-order chi connectivity index (χ0) is 11.4. The van der Waals surface area contributed by atoms with Gasteiger partial charge in [-0.15, -0.1) is 0 Å². The molecule has 1 aliphatic heterocycles. The van der Waals surface area contributed by atoms with Crippen molar-refractivity contribution in [3.8, 4) is 0 Å². The number of ether oxygens (including phenoxy) is 3. The summed E-state index contributed by atoms with van der Waals surface area (Å²) in [5, 5.41) is 0. The molecule has 0 unspecified atom stereocenters. The third kappa shape index (κ3) is 2.71. The summed E-state index contributed by atoms with van der Waals surface area (Å²) in [5.74, 6) is 0. The Labute approximate surface area is 93.1 Å². The number of rotatable bonds is 2. The monoisotopic (exact) mass is 223 g/mol. The fourth-order valence-corrected chi connectivity index (χ4v) is 1.52. The Morgan fingerprint density at radius 3 is 2.44 bits per heavy atom. The van der Waals surface area contributed by atoms with Gasteiger partial charge in [-0.1, -0.05) is 30.3 Å². The first-order valence-electron chi connectivity index (χ1n) is 5.00. The van der Waals surface area contributed by atoms with Gasteiger partial charge in [0.1, 0.15) is 0 Å². The molecule has 1 fully saturated rings. The molecule has 1 amide bonds. The van der Waals surface area contributed by atoms with Crippen LogP contribution >= 0.6 is 0 Å². The van der Waals surface area contributed by atoms with Crippen LogP contribution in [0.4, 0.5) is 4.79 Å². The van der Waals surface area contributed by atoms with Gasteiger partial charge in [-0.25, -0.2) is 4.79 Å². The summed E-state index contributed by atoms with van der Waals surface area (Å²) < 4.78 is 15.6. The van der Waals surface area contributed by atoms with E-state index in [9.17, 15) is 4.79 Å². The molecule has 0 aliphatic carbocycles. The van der Waals surface area contributed by atoms with Crippen molar-refractivity contribution in [2.75, 3.05) is 13.2 Å². The summed E-state index contributed by atoms with van der Waals surface area (Å²) in [5.41, 5.74) is 5.84. The van der Waals surface area contributed by atoms with Crippen molar-refractivity contribution in [2.24, 2.45) is 5.73 Å². The highest BCUT2D eigenvalue weighted by molar-refractivity contribution is 5.64. The van der Waals surface area contributed by atoms with E-state index in [-0.39, 0.29) is 0 Å². The van der Waals surface area contributed by atoms with E-state index < -0.39 is 18.5 Å². The van der Waals surface area contributed by atoms with Crippen LogP contribution in [-0.2, 0) is 14.2 Å². The fraction of sp³-hybridized carbons (Fsp3) is 0.364. The van der Waals surface area contributed by atoms with E-state index in [0.717, 1.165) is 5.56 Å². The van der Waals surface area contributed by atoms with Gasteiger partial charge in [-0.2, -0.15) is 0 Å². The van der Waals surface area contributed by atoms with Crippen LogP contribution < -0.4 is 5.73 Å². The fourth-order valence-electron chi connectivity index (χ4n) is 1.52. The number of amides is 1. The van der Waals surface area contributed by atoms with Crippen molar-refractivity contribution in [2.45, 2.75) is 12.4 Å². The first-order chi connectivity index (χ1) is 7.75. The molecule has 5 nitrogen and oxygen atoms in total. The Kier molecular flexibility index (Phi) is 3.38. The lowest BCUT2D eigenvalue weighted by atomic mass is 10.2. The number of benzene rings is 1. The predicted octanol–water partition coefficient (Wildman–Crippen LogP) is 1.20. The number of hydrogen-bond acceptors (Lipinski definition) is 4. The average Bonchev–Trinajstić information content (AvgIpc) is 2.30. The van der Waals surface area contributed by atoms with Crippen molar-refractivity contribution in [1.29, 1.82) is 0 Å². The van der Waals surface area contributed by atoms with E-state index in [1.807, 2.05) is 30.3 Å². The Bertz CT molecular complexity index is 346. The van der Waals surface area contributed by atoms with Gasteiger partial charge in [0.15, 0.2) is 12.4 Å². The second-order valence-corrected chi connectivity index (χ2v) is 3.47. The largest absolute Gasteiger partial charge is 0.441 e. The van der Waals surface area contributed by atoms with Crippen molar-refractivity contribution < 1.29 is 19.0 Å². The summed E-state index contributed by atoms with van der Waals surface area (Å²) in [4.78, 5) is 10.5. The highest BCUT2D eigenvalue weighted by Crippen LogP contribution is 2.23. The lowest BCUT2D eigenvalue weighted by Crippen LogP contribution is -2.36. The van der Waals surface area contributed by atoms with Crippen LogP contribution in [0.1, 0.15) is 11.9 Å². The summed E-state index contributed by atoms with van der Waals surface area (Å²) >= 11 is 0. The maximum absolute atomic E-state index is 10.5. The van der Waals surface area contributed by atoms with E-state index in [2.05, 4.69) is 0 Å². The predicted molar refractivity (Wildman–Crippen MR) is 55.5 cm³/mol. The van der Waals surface area contributed by atoms with Crippen LogP contribution in [0.5, 0.6) is 0 Å². The molecule has 5 heteroatoms. The smallest absolute Gasteiger partial charge is 0.404 e. The highest BCUT2D eigenvalue weighted by Gasteiger charge is 2.25. The molecule has 1 saturated heterocycles. The zero-order valence-corrected chi connectivity index (χ0v) is 8.67. The number of nitrogens with two attached hydrogens (primary N) is 1. The molecule has 0 saturated carbocycles. The highest BCUT2D eigenvalue weighted by atomic mass is 16.7. The molecule has 86 valence electrons. The third-order valence-corrected chi connectivity index (χ3v) is 2.22. The van der Waals surface area contributed by atoms with Gasteiger partial charge >= 0.3 is 6.09 Å². The molecule has 16 heavy (non-hydrogen) atoms. The Balaban J connectivity index is 1.88. The summed E-state index contributed by atoms with van der Waals surface area (Å²) in [6.07, 6.45) is -1.62. The molecular formula is C11H13NO4. The molecule has 1 aliphatic rings. The number of primary amides is 1. The third-order valence-electron chi connectivity index (χ3n) is 2.22. The van der Waals surface area contributed by atoms with Crippen LogP contribution in [-0.4, -0.2) is 25.4 Å². The number of carbonyl (C=O) groups is 1. The standard InChI is InChI=1S/C11H13NO4/c12-11(13)16-9-6-14-10(15-7-9)8-4-2-1-3-5-8/h1-5,9-10H,6-7H2,(H2,12,13). The molecule has 1 aromatic rings. The molecule has 2 rings (SSSR count). The van der Waals surface area contributed by atoms with Gasteiger partial charge in [0.2, 0.25) is 0 Å². The van der Waals surface area contributed by atoms with Gasteiger partial charge in [-0.3, -0.25) is 0 Å². The Morgan fingerprint density at radius 1 is 1.25 bits per heavy atom. The SMILES string of the molecule is NC(=O)OC1COC(c2ccccc2)OC1. The Morgan fingerprint density at radius 2 is 1.88 bits per heavy atom. The molecule has 0 spiro atoms. The van der Waals surface area contributed by atoms with Crippen LogP contribution in [0.25, 0.3) is 0 Å². The van der Waals surface area contributed by atoms with E-state index >= 15 is 0 Å². The summed E-state index contributed by atoms with van der Waals surface area (Å²) in [6.45, 7) is 0.588. The van der Waals surface area contributed by atoms with Gasteiger partial charge in [0.05, 0.1) is 13.2 Å². The van der Waals surface area contributed by atoms with Gasteiger partial charge in [-0.05, 0) is 0 Å². The van der Waals surface area contributed by atoms with Gasteiger partial charge in [0, 0.05) is 5.56 Å². The normalized spacial score (nSPS) is 25.0. The molecular weight excluding hydrogens is 210 g/mol. The maximum atomic E-state index is 10.5. The van der Waals surface area contributed by atoms with E-state index in [1.165, 1.54) is 0 Å². The summed E-state index contributed by atoms with van der Waals surface area (Å²) in [7, 11) is 0. The lowest BCUT2D eigenvalue weighted by molar-refractivity contribution is -0.219. The summed E-state index contributed by atoms with van der Waals surface area (Å²) in [6, 6.07) is 9.58. The van der Waals surface area contributed by atoms with Crippen LogP contribution in [0.3, 0.4) is 0 Å². The quantitative estimate of drug-likeness (QED) is 0.817. The minimum Gasteiger partial charge on any atom is -0.441 e. The lowest BCUT2D eigenvalue weighted by Gasteiger charge is -2.28. The van der Waals surface area contributed by atoms with Crippen LogP contribution in [0.2, 0.25) is 0 Å². The van der Waals surface area contributed by atoms with Gasteiger partial charge in [0.25, 0.3) is 0 Å². The van der Waals surface area contributed by atoms with Crippen LogP contribution in [0, 0.1) is 0 Å². The molecule has 0 atom stereocenters. The maximum Gasteiger partial charge on any atom is 0.404 e. The van der Waals surface area contributed by atoms with Crippen molar-refractivity contribution in [3.63, 3.8) is 0 Å². The van der Waals surface area contributed by atoms with E-state index in [0.29, 0.717) is 13.2 Å². The van der Waals surface area contributed by atoms with Crippen molar-refractivity contribution in [3.05, 3.63) is 35.9 Å². The molecule has 0 aromatic heterocycles. The molecule has 0 radical (unpaired) electrons. The van der Waals surface area contributed by atoms with E-state index in [4.69, 9.17) is 19.9 Å². The minimum absolute atomic E-state index is 0.294. The zero-order valence-electron chi connectivity index (χ0n) is 8.67. The Hall–Kier alpha value is -1.59. The first-order valence-corrected chi connectivity index (χ1v) is 5.00. The van der Waals surface area contributed by atoms with Crippen molar-refractivity contribution in [1.82, 2.24) is 0 Å².